The van der Waals surface area contributed by atoms with E-state index in [9.17, 15) is 0 Å². The van der Waals surface area contributed by atoms with Crippen molar-refractivity contribution >= 4 is 0 Å². The molecular formula is C19H32O2. The zero-order valence-corrected chi connectivity index (χ0v) is 13.9. The van der Waals surface area contributed by atoms with Gasteiger partial charge in [-0.15, -0.1) is 0 Å². The Hall–Kier alpha value is -0.0800. The molecule has 0 amide bonds. The molecule has 0 aromatic heterocycles. The minimum atomic E-state index is 0.135. The summed E-state index contributed by atoms with van der Waals surface area (Å²) in [5.41, 5.74) is 0.135. The maximum atomic E-state index is 6.43. The highest BCUT2D eigenvalue weighted by Crippen LogP contribution is 2.61. The van der Waals surface area contributed by atoms with Gasteiger partial charge in [-0.05, 0) is 74.0 Å². The summed E-state index contributed by atoms with van der Waals surface area (Å²) in [7, 11) is 3.86. The second kappa shape index (κ2) is 5.53. The molecule has 4 rings (SSSR count). The van der Waals surface area contributed by atoms with Crippen molar-refractivity contribution in [1.29, 1.82) is 0 Å². The van der Waals surface area contributed by atoms with Crippen LogP contribution in [0.25, 0.3) is 0 Å². The zero-order chi connectivity index (χ0) is 14.4. The molecule has 0 radical (unpaired) electrons. The molecular weight excluding hydrogens is 260 g/mol. The predicted octanol–water partition coefficient (Wildman–Crippen LogP) is 4.28. The van der Waals surface area contributed by atoms with Gasteiger partial charge in [-0.3, -0.25) is 0 Å². The van der Waals surface area contributed by atoms with Crippen molar-refractivity contribution < 1.29 is 9.47 Å². The molecule has 2 heteroatoms. The van der Waals surface area contributed by atoms with E-state index in [1.165, 1.54) is 51.4 Å². The minimum absolute atomic E-state index is 0.135. The van der Waals surface area contributed by atoms with Crippen molar-refractivity contribution in [1.82, 2.24) is 0 Å². The Morgan fingerprint density at radius 3 is 1.71 bits per heavy atom. The van der Waals surface area contributed by atoms with Crippen molar-refractivity contribution in [2.24, 2.45) is 35.5 Å². The van der Waals surface area contributed by atoms with Gasteiger partial charge in [-0.25, -0.2) is 0 Å². The molecule has 21 heavy (non-hydrogen) atoms. The Morgan fingerprint density at radius 2 is 1.38 bits per heavy atom. The van der Waals surface area contributed by atoms with E-state index < -0.39 is 0 Å². The van der Waals surface area contributed by atoms with Crippen LogP contribution in [0.1, 0.15) is 57.8 Å². The average molecular weight is 292 g/mol. The minimum Gasteiger partial charge on any atom is -0.385 e. The molecule has 0 N–H and O–H groups in total. The summed E-state index contributed by atoms with van der Waals surface area (Å²) in [6.07, 6.45) is 12.9. The predicted molar refractivity (Wildman–Crippen MR) is 84.1 cm³/mol. The molecule has 0 heterocycles. The van der Waals surface area contributed by atoms with Crippen LogP contribution in [0, 0.1) is 35.5 Å². The SMILES string of the molecule is COCCC(OC)(C1CC2CCC1C2)C1CC2CCC1C2. The van der Waals surface area contributed by atoms with Gasteiger partial charge in [0.15, 0.2) is 0 Å². The molecule has 6 unspecified atom stereocenters. The molecule has 4 bridgehead atoms. The van der Waals surface area contributed by atoms with Crippen molar-refractivity contribution in [3.63, 3.8) is 0 Å². The van der Waals surface area contributed by atoms with E-state index >= 15 is 0 Å². The molecule has 0 aromatic rings. The number of hydrogen-bond donors (Lipinski definition) is 0. The fourth-order valence-corrected chi connectivity index (χ4v) is 7.00. The van der Waals surface area contributed by atoms with Gasteiger partial charge in [-0.1, -0.05) is 12.8 Å². The molecule has 0 aromatic carbocycles. The van der Waals surface area contributed by atoms with Gasteiger partial charge >= 0.3 is 0 Å². The second-order valence-corrected chi connectivity index (χ2v) is 8.46. The number of ether oxygens (including phenoxy) is 2. The lowest BCUT2D eigenvalue weighted by Gasteiger charge is -2.49. The van der Waals surface area contributed by atoms with Crippen LogP contribution in [-0.2, 0) is 9.47 Å². The molecule has 4 fully saturated rings. The number of fused-ring (bicyclic) bond motifs is 4. The Kier molecular flexibility index (Phi) is 3.82. The highest BCUT2D eigenvalue weighted by atomic mass is 16.5. The van der Waals surface area contributed by atoms with Crippen LogP contribution in [-0.4, -0.2) is 26.4 Å². The third-order valence-corrected chi connectivity index (χ3v) is 7.81. The topological polar surface area (TPSA) is 18.5 Å². The first-order valence-electron chi connectivity index (χ1n) is 9.31. The van der Waals surface area contributed by atoms with Gasteiger partial charge in [0.1, 0.15) is 0 Å². The Morgan fingerprint density at radius 1 is 0.810 bits per heavy atom. The quantitative estimate of drug-likeness (QED) is 0.727. The van der Waals surface area contributed by atoms with Gasteiger partial charge in [-0.2, -0.15) is 0 Å². The van der Waals surface area contributed by atoms with E-state index in [1.54, 1.807) is 0 Å². The smallest absolute Gasteiger partial charge is 0.0762 e. The zero-order valence-electron chi connectivity index (χ0n) is 13.9. The average Bonchev–Trinajstić information content (AvgIpc) is 3.29. The first-order valence-corrected chi connectivity index (χ1v) is 9.31. The van der Waals surface area contributed by atoms with Gasteiger partial charge in [0.2, 0.25) is 0 Å². The molecule has 4 aliphatic carbocycles. The van der Waals surface area contributed by atoms with Crippen LogP contribution in [0.15, 0.2) is 0 Å². The first kappa shape index (κ1) is 14.5. The molecule has 0 saturated heterocycles. The van der Waals surface area contributed by atoms with Crippen molar-refractivity contribution in [2.75, 3.05) is 20.8 Å². The maximum absolute atomic E-state index is 6.43. The molecule has 0 spiro atoms. The van der Waals surface area contributed by atoms with Crippen LogP contribution in [0.4, 0.5) is 0 Å². The first-order chi connectivity index (χ1) is 10.3. The van der Waals surface area contributed by atoms with Crippen LogP contribution >= 0.6 is 0 Å². The van der Waals surface area contributed by atoms with E-state index in [2.05, 4.69) is 0 Å². The summed E-state index contributed by atoms with van der Waals surface area (Å²) in [4.78, 5) is 0. The van der Waals surface area contributed by atoms with Gasteiger partial charge in [0, 0.05) is 27.2 Å². The molecule has 4 saturated carbocycles. The Balaban J connectivity index is 1.61. The number of hydrogen-bond acceptors (Lipinski definition) is 2. The van der Waals surface area contributed by atoms with E-state index in [4.69, 9.17) is 9.47 Å². The largest absolute Gasteiger partial charge is 0.385 e. The molecule has 4 aliphatic rings. The normalized spacial score (nSPS) is 47.1. The van der Waals surface area contributed by atoms with E-state index in [1.807, 2.05) is 14.2 Å². The third kappa shape index (κ3) is 2.20. The lowest BCUT2D eigenvalue weighted by molar-refractivity contribution is -0.143. The van der Waals surface area contributed by atoms with E-state index in [0.29, 0.717) is 0 Å². The summed E-state index contributed by atoms with van der Waals surface area (Å²) in [6.45, 7) is 0.871. The van der Waals surface area contributed by atoms with Gasteiger partial charge in [0.05, 0.1) is 5.60 Å². The summed E-state index contributed by atoms with van der Waals surface area (Å²) in [5.74, 6) is 5.56. The standard InChI is InChI=1S/C19H32O2/c1-20-8-7-19(21-2,17-11-13-3-5-15(17)9-13)18-12-14-4-6-16(18)10-14/h13-18H,3-12H2,1-2H3. The Labute approximate surface area is 130 Å². The monoisotopic (exact) mass is 292 g/mol. The number of rotatable bonds is 6. The lowest BCUT2D eigenvalue weighted by atomic mass is 9.64. The van der Waals surface area contributed by atoms with Crippen molar-refractivity contribution in [3.8, 4) is 0 Å². The summed E-state index contributed by atoms with van der Waals surface area (Å²) in [5, 5.41) is 0. The summed E-state index contributed by atoms with van der Waals surface area (Å²) in [6, 6.07) is 0. The summed E-state index contributed by atoms with van der Waals surface area (Å²) >= 11 is 0. The molecule has 120 valence electrons. The molecule has 2 nitrogen and oxygen atoms in total. The maximum Gasteiger partial charge on any atom is 0.0762 e. The highest BCUT2D eigenvalue weighted by Gasteiger charge is 2.58. The van der Waals surface area contributed by atoms with E-state index in [-0.39, 0.29) is 5.60 Å². The fourth-order valence-electron chi connectivity index (χ4n) is 7.00. The highest BCUT2D eigenvalue weighted by molar-refractivity contribution is 5.08. The third-order valence-electron chi connectivity index (χ3n) is 7.81. The van der Waals surface area contributed by atoms with Crippen LogP contribution in [0.2, 0.25) is 0 Å². The van der Waals surface area contributed by atoms with Crippen LogP contribution < -0.4 is 0 Å². The fraction of sp³-hybridized carbons (Fsp3) is 1.00. The molecule has 6 atom stereocenters. The van der Waals surface area contributed by atoms with E-state index in [0.717, 1.165) is 48.5 Å². The van der Waals surface area contributed by atoms with Crippen LogP contribution in [0.3, 0.4) is 0 Å². The van der Waals surface area contributed by atoms with Gasteiger partial charge < -0.3 is 9.47 Å². The Bertz CT molecular complexity index is 352. The second-order valence-electron chi connectivity index (χ2n) is 8.46. The van der Waals surface area contributed by atoms with Crippen LogP contribution in [0.5, 0.6) is 0 Å². The number of methoxy groups -OCH3 is 2. The lowest BCUT2D eigenvalue weighted by Crippen LogP contribution is -2.51. The van der Waals surface area contributed by atoms with Gasteiger partial charge in [0.25, 0.3) is 0 Å². The van der Waals surface area contributed by atoms with Crippen molar-refractivity contribution in [3.05, 3.63) is 0 Å². The molecule has 0 aliphatic heterocycles. The summed E-state index contributed by atoms with van der Waals surface area (Å²) < 4.78 is 11.9. The van der Waals surface area contributed by atoms with Crippen molar-refractivity contribution in [2.45, 2.75) is 63.4 Å².